The number of hydrogen-bond donors (Lipinski definition) is 8. The molecule has 216 valence electrons. The summed E-state index contributed by atoms with van der Waals surface area (Å²) in [4.78, 5) is 55.2. The van der Waals surface area contributed by atoms with Gasteiger partial charge in [0.15, 0.2) is 5.96 Å². The van der Waals surface area contributed by atoms with Crippen LogP contribution in [0, 0.1) is 5.92 Å². The summed E-state index contributed by atoms with van der Waals surface area (Å²) in [6, 6.07) is 2.42. The number of rotatable bonds is 15. The first kappa shape index (κ1) is 31.3. The van der Waals surface area contributed by atoms with Crippen LogP contribution in [0.15, 0.2) is 29.3 Å². The number of carboxylic acid groups (broad SMARTS) is 1. The monoisotopic (exact) mass is 547 g/mol. The number of benzene rings is 1. The van der Waals surface area contributed by atoms with Crippen molar-refractivity contribution in [3.05, 3.63) is 29.8 Å². The van der Waals surface area contributed by atoms with Crippen LogP contribution in [0.25, 0.3) is 0 Å². The highest BCUT2D eigenvalue weighted by Crippen LogP contribution is 2.14. The third kappa shape index (κ3) is 10.4. The Morgan fingerprint density at radius 1 is 1.08 bits per heavy atom. The predicted molar refractivity (Wildman–Crippen MR) is 146 cm³/mol. The second-order valence-electron chi connectivity index (χ2n) is 9.80. The molecule has 1 aliphatic heterocycles. The average Bonchev–Trinajstić information content (AvgIpc) is 3.44. The quantitative estimate of drug-likeness (QED) is 0.0791. The van der Waals surface area contributed by atoms with E-state index in [4.69, 9.17) is 11.5 Å². The van der Waals surface area contributed by atoms with Gasteiger partial charge in [0.25, 0.3) is 0 Å². The molecule has 5 unspecified atom stereocenters. The van der Waals surface area contributed by atoms with Gasteiger partial charge in [-0.25, -0.2) is 4.79 Å². The topological polar surface area (TPSA) is 221 Å². The van der Waals surface area contributed by atoms with Gasteiger partial charge < -0.3 is 42.9 Å². The van der Waals surface area contributed by atoms with Gasteiger partial charge in [-0.2, -0.15) is 0 Å². The third-order valence-electron chi connectivity index (χ3n) is 6.74. The summed E-state index contributed by atoms with van der Waals surface area (Å²) < 4.78 is 0. The molecule has 0 spiro atoms. The number of aromatic hydroxyl groups is 1. The summed E-state index contributed by atoms with van der Waals surface area (Å²) in [6.45, 7) is 4.48. The van der Waals surface area contributed by atoms with Crippen molar-refractivity contribution in [3.8, 4) is 5.75 Å². The normalized spacial score (nSPS) is 17.7. The number of phenolic OH excluding ortho intramolecular Hbond substituents is 1. The van der Waals surface area contributed by atoms with E-state index < -0.39 is 42.0 Å². The van der Waals surface area contributed by atoms with Crippen molar-refractivity contribution in [2.75, 3.05) is 13.1 Å². The summed E-state index contributed by atoms with van der Waals surface area (Å²) in [6.07, 6.45) is 2.63. The van der Waals surface area contributed by atoms with E-state index in [0.717, 1.165) is 6.42 Å². The summed E-state index contributed by atoms with van der Waals surface area (Å²) >= 11 is 0. The zero-order valence-electron chi connectivity index (χ0n) is 22.5. The lowest BCUT2D eigenvalue weighted by Gasteiger charge is -2.26. The van der Waals surface area contributed by atoms with Crippen LogP contribution in [-0.2, 0) is 25.6 Å². The van der Waals surface area contributed by atoms with E-state index in [1.54, 1.807) is 19.1 Å². The molecule has 1 saturated heterocycles. The number of aliphatic imine (C=N–C) groups is 1. The van der Waals surface area contributed by atoms with E-state index in [0.29, 0.717) is 31.4 Å². The number of nitrogens with one attached hydrogen (secondary N) is 4. The molecule has 13 heteroatoms. The number of carbonyl (C=O) groups is 4. The Morgan fingerprint density at radius 3 is 2.31 bits per heavy atom. The Bertz CT molecular complexity index is 1010. The number of carboxylic acids is 1. The number of amides is 3. The molecule has 1 fully saturated rings. The molecule has 1 aromatic rings. The first-order valence-corrected chi connectivity index (χ1v) is 13.2. The standard InChI is InChI=1S/C26H41N7O6/c1-3-15(2)21(25(38)39)33-24(37)20(14-16-8-10-17(34)11-9-16)32-23(36)19(7-5-13-30-26(27)28)31-22(35)18-6-4-12-29-18/h8-11,15,18-21,29,34H,3-7,12-14H2,1-2H3,(H,31,35)(H,32,36)(H,33,37)(H,38,39)(H4,27,28,30). The second kappa shape index (κ2) is 15.5. The molecule has 0 aliphatic carbocycles. The fourth-order valence-corrected chi connectivity index (χ4v) is 4.24. The highest BCUT2D eigenvalue weighted by atomic mass is 16.4. The Morgan fingerprint density at radius 2 is 1.74 bits per heavy atom. The fourth-order valence-electron chi connectivity index (χ4n) is 4.24. The van der Waals surface area contributed by atoms with Gasteiger partial charge in [-0.15, -0.1) is 0 Å². The number of nitrogens with two attached hydrogens (primary N) is 2. The summed E-state index contributed by atoms with van der Waals surface area (Å²) in [7, 11) is 0. The van der Waals surface area contributed by atoms with Gasteiger partial charge in [0.05, 0.1) is 6.04 Å². The molecule has 13 nitrogen and oxygen atoms in total. The number of guanidine groups is 1. The van der Waals surface area contributed by atoms with Gasteiger partial charge in [0.1, 0.15) is 23.9 Å². The van der Waals surface area contributed by atoms with Crippen molar-refractivity contribution in [2.24, 2.45) is 22.4 Å². The number of phenols is 1. The van der Waals surface area contributed by atoms with Crippen molar-refractivity contribution in [2.45, 2.75) is 76.5 Å². The minimum atomic E-state index is -1.18. The van der Waals surface area contributed by atoms with Crippen LogP contribution in [0.3, 0.4) is 0 Å². The Hall–Kier alpha value is -3.87. The van der Waals surface area contributed by atoms with Crippen molar-refractivity contribution in [3.63, 3.8) is 0 Å². The summed E-state index contributed by atoms with van der Waals surface area (Å²) in [5, 5.41) is 30.4. The smallest absolute Gasteiger partial charge is 0.326 e. The van der Waals surface area contributed by atoms with Crippen LogP contribution in [0.5, 0.6) is 5.75 Å². The molecule has 1 aliphatic rings. The summed E-state index contributed by atoms with van der Waals surface area (Å²) in [5.74, 6) is -3.17. The molecule has 0 bridgehead atoms. The average molecular weight is 548 g/mol. The lowest BCUT2D eigenvalue weighted by atomic mass is 9.98. The van der Waals surface area contributed by atoms with E-state index in [1.807, 2.05) is 6.92 Å². The molecule has 1 aromatic carbocycles. The van der Waals surface area contributed by atoms with E-state index in [2.05, 4.69) is 26.3 Å². The largest absolute Gasteiger partial charge is 0.508 e. The van der Waals surface area contributed by atoms with Crippen LogP contribution >= 0.6 is 0 Å². The number of carbonyl (C=O) groups excluding carboxylic acids is 3. The first-order valence-electron chi connectivity index (χ1n) is 13.2. The molecule has 2 rings (SSSR count). The van der Waals surface area contributed by atoms with E-state index in [-0.39, 0.29) is 42.9 Å². The highest BCUT2D eigenvalue weighted by Gasteiger charge is 2.32. The van der Waals surface area contributed by atoms with Gasteiger partial charge >= 0.3 is 5.97 Å². The van der Waals surface area contributed by atoms with Crippen molar-refractivity contribution in [1.82, 2.24) is 21.3 Å². The van der Waals surface area contributed by atoms with Crippen LogP contribution < -0.4 is 32.7 Å². The molecule has 3 amide bonds. The zero-order chi connectivity index (χ0) is 28.9. The highest BCUT2D eigenvalue weighted by molar-refractivity contribution is 5.94. The molecule has 0 aromatic heterocycles. The molecular weight excluding hydrogens is 506 g/mol. The van der Waals surface area contributed by atoms with E-state index in [1.165, 1.54) is 12.1 Å². The molecule has 5 atom stereocenters. The molecule has 0 saturated carbocycles. The van der Waals surface area contributed by atoms with Gasteiger partial charge in [0, 0.05) is 13.0 Å². The SMILES string of the molecule is CCC(C)C(NC(=O)C(Cc1ccc(O)cc1)NC(=O)C(CCCN=C(N)N)NC(=O)C1CCCN1)C(=O)O. The van der Waals surface area contributed by atoms with Crippen LogP contribution in [0.1, 0.15) is 51.5 Å². The van der Waals surface area contributed by atoms with Crippen LogP contribution in [0.4, 0.5) is 0 Å². The molecular formula is C26H41N7O6. The van der Waals surface area contributed by atoms with Crippen LogP contribution in [0.2, 0.25) is 0 Å². The van der Waals surface area contributed by atoms with Gasteiger partial charge in [-0.3, -0.25) is 19.4 Å². The Balaban J connectivity index is 2.24. The minimum absolute atomic E-state index is 0.0313. The minimum Gasteiger partial charge on any atom is -0.508 e. The van der Waals surface area contributed by atoms with Crippen molar-refractivity contribution >= 4 is 29.7 Å². The molecule has 0 radical (unpaired) electrons. The number of hydrogen-bond acceptors (Lipinski definition) is 7. The van der Waals surface area contributed by atoms with Gasteiger partial charge in [-0.1, -0.05) is 32.4 Å². The Labute approximate surface area is 228 Å². The Kier molecular flexibility index (Phi) is 12.5. The lowest BCUT2D eigenvalue weighted by molar-refractivity contribution is -0.143. The van der Waals surface area contributed by atoms with Crippen LogP contribution in [-0.4, -0.2) is 77.1 Å². The molecule has 10 N–H and O–H groups in total. The summed E-state index contributed by atoms with van der Waals surface area (Å²) in [5.41, 5.74) is 11.4. The number of aliphatic carboxylic acids is 1. The van der Waals surface area contributed by atoms with Gasteiger partial charge in [0.2, 0.25) is 17.7 Å². The molecule has 1 heterocycles. The number of nitrogens with zero attached hydrogens (tertiary/aromatic N) is 1. The molecule has 39 heavy (non-hydrogen) atoms. The van der Waals surface area contributed by atoms with E-state index in [9.17, 15) is 29.4 Å². The maximum Gasteiger partial charge on any atom is 0.326 e. The second-order valence-corrected chi connectivity index (χ2v) is 9.80. The lowest BCUT2D eigenvalue weighted by Crippen LogP contribution is -2.58. The van der Waals surface area contributed by atoms with Gasteiger partial charge in [-0.05, 0) is 55.8 Å². The maximum atomic E-state index is 13.4. The first-order chi connectivity index (χ1) is 18.5. The maximum absolute atomic E-state index is 13.4. The fraction of sp³-hybridized carbons (Fsp3) is 0.577. The predicted octanol–water partition coefficient (Wildman–Crippen LogP) is -0.675. The van der Waals surface area contributed by atoms with Crippen molar-refractivity contribution in [1.29, 1.82) is 0 Å². The van der Waals surface area contributed by atoms with E-state index >= 15 is 0 Å². The zero-order valence-corrected chi connectivity index (χ0v) is 22.5. The third-order valence-corrected chi connectivity index (χ3v) is 6.74. The van der Waals surface area contributed by atoms with Crippen molar-refractivity contribution < 1.29 is 29.4 Å².